The van der Waals surface area contributed by atoms with E-state index in [1.807, 2.05) is 67.9 Å². The van der Waals surface area contributed by atoms with E-state index >= 15 is 0 Å². The van der Waals surface area contributed by atoms with Crippen LogP contribution in [0.4, 0.5) is 11.8 Å². The molecule has 1 fully saturated rings. The van der Waals surface area contributed by atoms with Gasteiger partial charge in [-0.2, -0.15) is 4.98 Å². The summed E-state index contributed by atoms with van der Waals surface area (Å²) < 4.78 is 0. The molecule has 2 aliphatic heterocycles. The highest BCUT2D eigenvalue weighted by Crippen LogP contribution is 2.37. The maximum atomic E-state index is 13.4. The maximum Gasteiger partial charge on any atom is 0.253 e. The van der Waals surface area contributed by atoms with Gasteiger partial charge in [0.1, 0.15) is 5.82 Å². The summed E-state index contributed by atoms with van der Waals surface area (Å²) in [5.74, 6) is 2.61. The van der Waals surface area contributed by atoms with Gasteiger partial charge in [-0.25, -0.2) is 4.98 Å². The van der Waals surface area contributed by atoms with Gasteiger partial charge in [-0.15, -0.1) is 11.8 Å². The van der Waals surface area contributed by atoms with Gasteiger partial charge < -0.3 is 15.5 Å². The first-order valence-corrected chi connectivity index (χ1v) is 16.0. The smallest absolute Gasteiger partial charge is 0.253 e. The number of aryl methyl sites for hydroxylation is 3. The largest absolute Gasteiger partial charge is 0.368 e. The Labute approximate surface area is 257 Å². The van der Waals surface area contributed by atoms with Crippen LogP contribution in [0.1, 0.15) is 51.5 Å². The number of hydrogen-bond donors (Lipinski definition) is 1. The molecule has 2 N–H and O–H groups in total. The zero-order chi connectivity index (χ0) is 29.1. The van der Waals surface area contributed by atoms with Crippen molar-refractivity contribution in [3.8, 4) is 0 Å². The van der Waals surface area contributed by atoms with Crippen molar-refractivity contribution in [2.45, 2.75) is 43.9 Å². The first-order valence-electron chi connectivity index (χ1n) is 14.2. The van der Waals surface area contributed by atoms with Crippen molar-refractivity contribution in [2.24, 2.45) is 0 Å². The molecule has 7 nitrogen and oxygen atoms in total. The molecular formula is C31H38Cl2N6OS. The molecule has 218 valence electrons. The van der Waals surface area contributed by atoms with Crippen LogP contribution in [-0.2, 0) is 6.42 Å². The number of anilines is 2. The number of nitrogens with two attached hydrogens (primary N) is 1. The number of likely N-dealkylation sites (N-methyl/N-ethyl adjacent to an activating group) is 1. The topological polar surface area (TPSA) is 78.6 Å². The highest BCUT2D eigenvalue weighted by atomic mass is 35.5. The molecule has 2 aromatic carbocycles. The second kappa shape index (κ2) is 13.2. The van der Waals surface area contributed by atoms with Gasteiger partial charge in [-0.3, -0.25) is 9.69 Å². The normalized spacial score (nSPS) is 16.4. The van der Waals surface area contributed by atoms with Crippen molar-refractivity contribution in [1.29, 1.82) is 0 Å². The summed E-state index contributed by atoms with van der Waals surface area (Å²) in [5, 5.41) is 1.08. The van der Waals surface area contributed by atoms with Gasteiger partial charge in [-0.05, 0) is 75.2 Å². The van der Waals surface area contributed by atoms with Crippen LogP contribution in [0.2, 0.25) is 10.0 Å². The third-order valence-electron chi connectivity index (χ3n) is 7.93. The van der Waals surface area contributed by atoms with Crippen LogP contribution in [0.3, 0.4) is 0 Å². The third-order valence-corrected chi connectivity index (χ3v) is 9.87. The molecule has 1 amide bonds. The molecule has 10 heteroatoms. The zero-order valence-corrected chi connectivity index (χ0v) is 26.3. The molecule has 0 bridgehead atoms. The summed E-state index contributed by atoms with van der Waals surface area (Å²) in [4.78, 5) is 30.4. The number of fused-ring (bicyclic) bond motifs is 1. The molecule has 3 aromatic rings. The van der Waals surface area contributed by atoms with Crippen molar-refractivity contribution < 1.29 is 4.79 Å². The van der Waals surface area contributed by atoms with E-state index < -0.39 is 0 Å². The number of carbonyl (C=O) groups is 1. The van der Waals surface area contributed by atoms with Crippen LogP contribution in [-0.4, -0.2) is 77.7 Å². The Balaban J connectivity index is 1.25. The average Bonchev–Trinajstić information content (AvgIpc) is 2.95. The number of benzene rings is 2. The Morgan fingerprint density at radius 1 is 1.05 bits per heavy atom. The number of halogens is 2. The van der Waals surface area contributed by atoms with Crippen LogP contribution < -0.4 is 10.6 Å². The maximum absolute atomic E-state index is 13.4. The fraction of sp³-hybridized carbons (Fsp3) is 0.452. The summed E-state index contributed by atoms with van der Waals surface area (Å²) in [7, 11) is 1.88. The molecule has 5 rings (SSSR count). The summed E-state index contributed by atoms with van der Waals surface area (Å²) >= 11 is 14.5. The van der Waals surface area contributed by atoms with Gasteiger partial charge in [-0.1, -0.05) is 46.5 Å². The molecule has 0 aliphatic carbocycles. The summed E-state index contributed by atoms with van der Waals surface area (Å²) in [6.45, 7) is 9.22. The first-order chi connectivity index (χ1) is 19.7. The Morgan fingerprint density at radius 3 is 2.49 bits per heavy atom. The van der Waals surface area contributed by atoms with Crippen molar-refractivity contribution in [2.75, 3.05) is 62.7 Å². The Hall–Kier alpha value is -2.52. The van der Waals surface area contributed by atoms with E-state index in [1.165, 1.54) is 4.90 Å². The van der Waals surface area contributed by atoms with E-state index in [0.717, 1.165) is 91.5 Å². The number of rotatable bonds is 8. The molecule has 1 saturated heterocycles. The van der Waals surface area contributed by atoms with E-state index in [0.29, 0.717) is 22.5 Å². The van der Waals surface area contributed by atoms with Crippen LogP contribution in [0.25, 0.3) is 0 Å². The van der Waals surface area contributed by atoms with Gasteiger partial charge in [0, 0.05) is 51.3 Å². The summed E-state index contributed by atoms with van der Waals surface area (Å²) in [5.41, 5.74) is 11.2. The highest BCUT2D eigenvalue weighted by Gasteiger charge is 2.26. The fourth-order valence-electron chi connectivity index (χ4n) is 5.83. The van der Waals surface area contributed by atoms with E-state index in [1.54, 1.807) is 0 Å². The minimum atomic E-state index is 0.0285. The Bertz CT molecular complexity index is 1390. The van der Waals surface area contributed by atoms with E-state index in [4.69, 9.17) is 28.9 Å². The van der Waals surface area contributed by atoms with E-state index in [9.17, 15) is 4.79 Å². The predicted octanol–water partition coefficient (Wildman–Crippen LogP) is 6.09. The number of hydrogen-bond acceptors (Lipinski definition) is 7. The molecular weight excluding hydrogens is 575 g/mol. The Morgan fingerprint density at radius 2 is 1.78 bits per heavy atom. The molecule has 2 aliphatic rings. The molecule has 0 saturated carbocycles. The van der Waals surface area contributed by atoms with Crippen molar-refractivity contribution in [3.63, 3.8) is 0 Å². The second-order valence-corrected chi connectivity index (χ2v) is 13.1. The van der Waals surface area contributed by atoms with Gasteiger partial charge in [0.15, 0.2) is 0 Å². The highest BCUT2D eigenvalue weighted by molar-refractivity contribution is 7.99. The first kappa shape index (κ1) is 30.0. The molecule has 41 heavy (non-hydrogen) atoms. The van der Waals surface area contributed by atoms with Gasteiger partial charge in [0.05, 0.1) is 20.6 Å². The van der Waals surface area contributed by atoms with Crippen molar-refractivity contribution in [3.05, 3.63) is 74.4 Å². The molecule has 3 heterocycles. The number of amides is 1. The second-order valence-electron chi connectivity index (χ2n) is 11.2. The lowest BCUT2D eigenvalue weighted by atomic mass is 9.94. The minimum absolute atomic E-state index is 0.0285. The van der Waals surface area contributed by atoms with E-state index in [-0.39, 0.29) is 11.8 Å². The number of thioether (sulfide) groups is 1. The van der Waals surface area contributed by atoms with Crippen molar-refractivity contribution in [1.82, 2.24) is 19.8 Å². The fourth-order valence-corrected chi connectivity index (χ4v) is 7.25. The molecule has 0 radical (unpaired) electrons. The zero-order valence-electron chi connectivity index (χ0n) is 24.0. The van der Waals surface area contributed by atoms with Crippen molar-refractivity contribution >= 4 is 52.6 Å². The quantitative estimate of drug-likeness (QED) is 0.330. The number of piperazine rings is 1. The number of nitrogens with zero attached hydrogens (tertiary/aromatic N) is 5. The van der Waals surface area contributed by atoms with Crippen LogP contribution in [0.15, 0.2) is 41.3 Å². The number of aromatic nitrogens is 2. The lowest BCUT2D eigenvalue weighted by Gasteiger charge is -2.37. The van der Waals surface area contributed by atoms with Crippen LogP contribution >= 0.6 is 35.0 Å². The van der Waals surface area contributed by atoms with Gasteiger partial charge >= 0.3 is 0 Å². The standard InChI is InChI=1S/C31H38Cl2N6OS/c1-20-15-21(2)17-24(16-20)30(40)37(3)19-23(22-6-7-25(32)26(33)18-22)8-9-38-10-12-39(13-11-38)29-28-27(5-4-14-41-28)35-31(34)36-29/h6-7,15-18,23H,4-5,8-14,19H2,1-3H3,(H2,34,35,36). The average molecular weight is 614 g/mol. The molecule has 1 aromatic heterocycles. The van der Waals surface area contributed by atoms with E-state index in [2.05, 4.69) is 25.8 Å². The lowest BCUT2D eigenvalue weighted by Crippen LogP contribution is -2.47. The monoisotopic (exact) mass is 612 g/mol. The predicted molar refractivity (Wildman–Crippen MR) is 171 cm³/mol. The van der Waals surface area contributed by atoms with Gasteiger partial charge in [0.2, 0.25) is 5.95 Å². The molecule has 1 unspecified atom stereocenters. The van der Waals surface area contributed by atoms with Gasteiger partial charge in [0.25, 0.3) is 5.91 Å². The summed E-state index contributed by atoms with van der Waals surface area (Å²) in [6, 6.07) is 11.8. The molecule has 1 atom stereocenters. The third kappa shape index (κ3) is 7.28. The molecule has 0 spiro atoms. The van der Waals surface area contributed by atoms with Crippen LogP contribution in [0.5, 0.6) is 0 Å². The summed E-state index contributed by atoms with van der Waals surface area (Å²) in [6.07, 6.45) is 3.00. The van der Waals surface area contributed by atoms with Crippen LogP contribution in [0, 0.1) is 13.8 Å². The minimum Gasteiger partial charge on any atom is -0.368 e. The number of carbonyl (C=O) groups excluding carboxylic acids is 1. The lowest BCUT2D eigenvalue weighted by molar-refractivity contribution is 0.0782. The SMILES string of the molecule is Cc1cc(C)cc(C(=O)N(C)CC(CCN2CCN(c3nc(N)nc4c3SCCC4)CC2)c2ccc(Cl)c(Cl)c2)c1. The Kier molecular flexibility index (Phi) is 9.64. The number of nitrogen functional groups attached to an aromatic ring is 1.